The maximum absolute atomic E-state index is 12.0. The Bertz CT molecular complexity index is 1900. The lowest BCUT2D eigenvalue weighted by atomic mass is 9.97. The van der Waals surface area contributed by atoms with Crippen LogP contribution in [0.15, 0.2) is 152 Å². The highest BCUT2D eigenvalue weighted by atomic mass is 16.5. The van der Waals surface area contributed by atoms with Crippen molar-refractivity contribution in [3.63, 3.8) is 0 Å². The van der Waals surface area contributed by atoms with Crippen LogP contribution in [0.3, 0.4) is 0 Å². The summed E-state index contributed by atoms with van der Waals surface area (Å²) in [5, 5.41) is 0. The summed E-state index contributed by atoms with van der Waals surface area (Å²) in [6, 6.07) is 15.0. The zero-order valence-electron chi connectivity index (χ0n) is 22.1. The molecule has 0 aliphatic carbocycles. The fraction of sp³-hybridized carbons (Fsp3) is 0.0294. The van der Waals surface area contributed by atoms with Gasteiger partial charge in [-0.25, -0.2) is 24.8 Å². The molecule has 2 aromatic rings. The Morgan fingerprint density at radius 2 is 1.10 bits per heavy atom. The van der Waals surface area contributed by atoms with E-state index in [1.807, 2.05) is 97.2 Å². The number of hydrogen-bond acceptors (Lipinski definition) is 7. The van der Waals surface area contributed by atoms with Crippen LogP contribution in [0, 0.1) is 0 Å². The molecule has 5 aliphatic rings. The van der Waals surface area contributed by atoms with Gasteiger partial charge in [-0.2, -0.15) is 0 Å². The number of nitrogens with zero attached hydrogens (tertiary/aromatic N) is 4. The molecule has 0 saturated carbocycles. The number of ether oxygens (including phenoxy) is 1. The van der Waals surface area contributed by atoms with Crippen LogP contribution in [0.25, 0.3) is 11.1 Å². The molecule has 5 aliphatic heterocycles. The number of nitrogens with two attached hydrogens (primary N) is 1. The summed E-state index contributed by atoms with van der Waals surface area (Å²) in [5.41, 5.74) is 17.1. The van der Waals surface area contributed by atoms with Crippen molar-refractivity contribution < 1.29 is 9.53 Å². The van der Waals surface area contributed by atoms with Gasteiger partial charge in [0.05, 0.1) is 58.3 Å². The van der Waals surface area contributed by atoms with Gasteiger partial charge >= 0.3 is 5.97 Å². The predicted molar refractivity (Wildman–Crippen MR) is 165 cm³/mol. The number of anilines is 1. The van der Waals surface area contributed by atoms with Gasteiger partial charge in [-0.1, -0.05) is 24.3 Å². The fourth-order valence-electron chi connectivity index (χ4n) is 5.09. The van der Waals surface area contributed by atoms with Crippen LogP contribution >= 0.6 is 0 Å². The largest absolute Gasteiger partial charge is 0.465 e. The van der Waals surface area contributed by atoms with E-state index in [4.69, 9.17) is 30.4 Å². The minimum Gasteiger partial charge on any atom is -0.465 e. The molecule has 2 N–H and O–H groups in total. The molecule has 41 heavy (non-hydrogen) atoms. The van der Waals surface area contributed by atoms with Gasteiger partial charge in [-0.3, -0.25) is 0 Å². The minimum atomic E-state index is -0.383. The molecule has 7 rings (SSSR count). The first-order chi connectivity index (χ1) is 20.0. The number of rotatable bonds is 3. The van der Waals surface area contributed by atoms with Gasteiger partial charge in [-0.15, -0.1) is 0 Å². The first-order valence-corrected chi connectivity index (χ1v) is 13.1. The number of nitrogen functional groups attached to an aromatic ring is 1. The van der Waals surface area contributed by atoms with E-state index < -0.39 is 0 Å². The number of carbonyl (C=O) groups excluding carboxylic acids is 1. The van der Waals surface area contributed by atoms with Crippen LogP contribution in [0.2, 0.25) is 0 Å². The van der Waals surface area contributed by atoms with Crippen molar-refractivity contribution >= 4 is 45.6 Å². The molecule has 8 bridgehead atoms. The summed E-state index contributed by atoms with van der Waals surface area (Å²) < 4.78 is 4.86. The number of esters is 1. The maximum Gasteiger partial charge on any atom is 0.337 e. The van der Waals surface area contributed by atoms with Crippen LogP contribution in [0.4, 0.5) is 5.69 Å². The van der Waals surface area contributed by atoms with Crippen LogP contribution < -0.4 is 5.73 Å². The summed E-state index contributed by atoms with van der Waals surface area (Å²) in [5.74, 6) is -0.383. The maximum atomic E-state index is 12.0. The third-order valence-corrected chi connectivity index (χ3v) is 7.06. The van der Waals surface area contributed by atoms with Crippen LogP contribution in [0.5, 0.6) is 0 Å². The molecule has 0 radical (unpaired) electrons. The summed E-state index contributed by atoms with van der Waals surface area (Å²) in [4.78, 5) is 31.7. The van der Waals surface area contributed by atoms with E-state index in [1.165, 1.54) is 7.11 Å². The fourth-order valence-corrected chi connectivity index (χ4v) is 5.09. The molecule has 0 fully saturated rings. The highest BCUT2D eigenvalue weighted by Crippen LogP contribution is 2.32. The zero-order valence-corrected chi connectivity index (χ0v) is 22.1. The van der Waals surface area contributed by atoms with Crippen LogP contribution in [-0.4, -0.2) is 35.9 Å². The monoisotopic (exact) mass is 533 g/mol. The molecule has 196 valence electrons. The molecular formula is C34H23N5O2. The average molecular weight is 534 g/mol. The molecule has 0 atom stereocenters. The van der Waals surface area contributed by atoms with Crippen molar-refractivity contribution in [3.05, 3.63) is 149 Å². The zero-order chi connectivity index (χ0) is 27.9. The molecular weight excluding hydrogens is 510 g/mol. The molecule has 2 aromatic carbocycles. The lowest BCUT2D eigenvalue weighted by Crippen LogP contribution is -2.03. The van der Waals surface area contributed by atoms with Crippen LogP contribution in [0.1, 0.15) is 21.5 Å². The molecule has 5 heterocycles. The van der Waals surface area contributed by atoms with Crippen molar-refractivity contribution in [1.29, 1.82) is 0 Å². The van der Waals surface area contributed by atoms with Gasteiger partial charge in [-0.05, 0) is 96.2 Å². The third-order valence-electron chi connectivity index (χ3n) is 7.06. The van der Waals surface area contributed by atoms with Gasteiger partial charge in [0.1, 0.15) is 0 Å². The van der Waals surface area contributed by atoms with E-state index in [1.54, 1.807) is 12.1 Å². The number of allylic oxidation sites excluding steroid dienone is 12. The Kier molecular flexibility index (Phi) is 5.83. The second-order valence-corrected chi connectivity index (χ2v) is 9.75. The van der Waals surface area contributed by atoms with Crippen molar-refractivity contribution in [1.82, 2.24) is 0 Å². The predicted octanol–water partition coefficient (Wildman–Crippen LogP) is 6.00. The first-order valence-electron chi connectivity index (χ1n) is 13.1. The minimum absolute atomic E-state index is 0.383. The number of aliphatic imine (C=N–C) groups is 4. The molecule has 7 heteroatoms. The standard InChI is InChI=1S/C34H23N5O2/c1-41-34(40)22-4-2-20(3-5-22)32-28-14-10-24(36-28)18-26-12-16-30(38-26)33(21-6-8-23(35)9-7-21)31-17-13-27(39-31)19-25-11-15-29(32)37-25/h2-19H,35H2,1H3. The molecule has 0 aromatic heterocycles. The van der Waals surface area contributed by atoms with Crippen molar-refractivity contribution in [2.75, 3.05) is 12.8 Å². The number of hydrogen-bond donors (Lipinski definition) is 1. The highest BCUT2D eigenvalue weighted by molar-refractivity contribution is 6.34. The summed E-state index contributed by atoms with van der Waals surface area (Å²) in [7, 11) is 1.37. The number of fused-ring (bicyclic) bond motifs is 4. The Morgan fingerprint density at radius 1 is 0.610 bits per heavy atom. The topological polar surface area (TPSA) is 102 Å². The Balaban J connectivity index is 1.39. The molecule has 7 nitrogen and oxygen atoms in total. The van der Waals surface area contributed by atoms with Gasteiger partial charge in [0.15, 0.2) is 0 Å². The second-order valence-electron chi connectivity index (χ2n) is 9.75. The number of methoxy groups -OCH3 is 1. The molecule has 0 amide bonds. The van der Waals surface area contributed by atoms with E-state index in [9.17, 15) is 4.79 Å². The highest BCUT2D eigenvalue weighted by Gasteiger charge is 2.22. The van der Waals surface area contributed by atoms with Crippen molar-refractivity contribution in [3.8, 4) is 0 Å². The number of benzene rings is 2. The van der Waals surface area contributed by atoms with Gasteiger partial charge < -0.3 is 10.5 Å². The smallest absolute Gasteiger partial charge is 0.337 e. The Morgan fingerprint density at radius 3 is 1.59 bits per heavy atom. The van der Waals surface area contributed by atoms with Gasteiger partial charge in [0.2, 0.25) is 0 Å². The van der Waals surface area contributed by atoms with Crippen molar-refractivity contribution in [2.45, 2.75) is 0 Å². The second kappa shape index (κ2) is 9.81. The molecule has 0 unspecified atom stereocenters. The first kappa shape index (κ1) is 24.4. The molecule has 0 saturated heterocycles. The number of carbonyl (C=O) groups is 1. The van der Waals surface area contributed by atoms with Crippen LogP contribution in [-0.2, 0) is 4.74 Å². The van der Waals surface area contributed by atoms with E-state index in [2.05, 4.69) is 0 Å². The summed E-state index contributed by atoms with van der Waals surface area (Å²) in [6.45, 7) is 0. The summed E-state index contributed by atoms with van der Waals surface area (Å²) in [6.07, 6.45) is 19.8. The Labute approximate surface area is 236 Å². The van der Waals surface area contributed by atoms with E-state index in [-0.39, 0.29) is 5.97 Å². The lowest BCUT2D eigenvalue weighted by Gasteiger charge is -2.10. The van der Waals surface area contributed by atoms with E-state index >= 15 is 0 Å². The molecule has 0 spiro atoms. The Hall–Kier alpha value is -5.69. The average Bonchev–Trinajstić information content (AvgIpc) is 3.81. The third kappa shape index (κ3) is 4.59. The lowest BCUT2D eigenvalue weighted by molar-refractivity contribution is 0.0600. The van der Waals surface area contributed by atoms with E-state index in [0.717, 1.165) is 67.9 Å². The van der Waals surface area contributed by atoms with Gasteiger partial charge in [0, 0.05) is 16.8 Å². The quantitative estimate of drug-likeness (QED) is 0.387. The normalized spacial score (nSPS) is 18.4. The van der Waals surface area contributed by atoms with Gasteiger partial charge in [0.25, 0.3) is 0 Å². The van der Waals surface area contributed by atoms with Crippen molar-refractivity contribution in [2.24, 2.45) is 20.0 Å². The van der Waals surface area contributed by atoms with E-state index in [0.29, 0.717) is 11.3 Å². The SMILES string of the molecule is COC(=O)c1ccc(C2=C3C=CC(=N3)C=C3C=CC(=N3)C(c3ccc(N)cc3)=C3C=CC(=N3)C=C3C=CC2=N3)cc1. The summed E-state index contributed by atoms with van der Waals surface area (Å²) >= 11 is 0.